The largest absolute Gasteiger partial charge is 0.276 e. The maximum absolute atomic E-state index is 12.3. The highest BCUT2D eigenvalue weighted by atomic mass is 32.2. The summed E-state index contributed by atoms with van der Waals surface area (Å²) < 4.78 is 27.1. The van der Waals surface area contributed by atoms with Crippen LogP contribution in [0.25, 0.3) is 0 Å². The molecule has 0 heterocycles. The topological polar surface area (TPSA) is 89.3 Å². The van der Waals surface area contributed by atoms with Crippen LogP contribution in [0.5, 0.6) is 0 Å². The number of nitrogens with zero attached hydrogens (tertiary/aromatic N) is 1. The molecule has 0 aliphatic heterocycles. The normalized spacial score (nSPS) is 10.9. The van der Waals surface area contributed by atoms with E-state index in [9.17, 15) is 18.5 Å². The maximum Gasteiger partial charge on any atom is 0.276 e. The predicted octanol–water partition coefficient (Wildman–Crippen LogP) is 2.21. The van der Waals surface area contributed by atoms with Crippen LogP contribution in [0, 0.1) is 42.7 Å². The average molecular weight is 310 g/mol. The second-order valence-corrected chi connectivity index (χ2v) is 6.35. The molecular weight excluding hydrogens is 292 g/mol. The van der Waals surface area contributed by atoms with Gasteiger partial charge >= 0.3 is 0 Å². The lowest BCUT2D eigenvalue weighted by molar-refractivity contribution is -0.386. The lowest BCUT2D eigenvalue weighted by atomic mass is 10.1. The minimum Gasteiger partial charge on any atom is -0.258 e. The van der Waals surface area contributed by atoms with E-state index in [1.807, 2.05) is 0 Å². The summed E-state index contributed by atoms with van der Waals surface area (Å²) in [5.41, 5.74) is 0.941. The first-order valence-corrected chi connectivity index (χ1v) is 7.85. The van der Waals surface area contributed by atoms with E-state index < -0.39 is 14.9 Å². The van der Waals surface area contributed by atoms with Gasteiger partial charge in [0.15, 0.2) is 0 Å². The van der Waals surface area contributed by atoms with Crippen LogP contribution in [-0.4, -0.2) is 19.9 Å². The van der Waals surface area contributed by atoms with Crippen molar-refractivity contribution in [2.24, 2.45) is 0 Å². The van der Waals surface area contributed by atoms with Crippen molar-refractivity contribution in [1.82, 2.24) is 4.72 Å². The maximum atomic E-state index is 12.3. The molecule has 0 amide bonds. The third-order valence-corrected chi connectivity index (χ3v) is 4.78. The van der Waals surface area contributed by atoms with Crippen LogP contribution in [0.2, 0.25) is 0 Å². The van der Waals surface area contributed by atoms with Crippen molar-refractivity contribution in [3.63, 3.8) is 0 Å². The Morgan fingerprint density at radius 1 is 1.29 bits per heavy atom. The van der Waals surface area contributed by atoms with Gasteiger partial charge in [0.05, 0.1) is 9.82 Å². The average Bonchev–Trinajstić information content (AvgIpc) is 2.32. The van der Waals surface area contributed by atoms with Gasteiger partial charge in [-0.05, 0) is 39.3 Å². The van der Waals surface area contributed by atoms with Crippen molar-refractivity contribution in [3.05, 3.63) is 32.9 Å². The van der Waals surface area contributed by atoms with Crippen molar-refractivity contribution in [2.75, 3.05) is 6.54 Å². The van der Waals surface area contributed by atoms with Gasteiger partial charge in [0.1, 0.15) is 0 Å². The number of hydrogen-bond acceptors (Lipinski definition) is 4. The summed E-state index contributed by atoms with van der Waals surface area (Å²) in [5.74, 6) is 5.43. The lowest BCUT2D eigenvalue weighted by Crippen LogP contribution is -2.26. The molecule has 0 saturated heterocycles. The molecule has 21 heavy (non-hydrogen) atoms. The molecule has 1 rings (SSSR count). The molecule has 0 saturated carbocycles. The van der Waals surface area contributed by atoms with Gasteiger partial charge in [0, 0.05) is 24.1 Å². The molecule has 0 aliphatic rings. The van der Waals surface area contributed by atoms with Crippen molar-refractivity contribution < 1.29 is 13.3 Å². The van der Waals surface area contributed by atoms with Gasteiger partial charge in [-0.3, -0.25) is 10.1 Å². The van der Waals surface area contributed by atoms with Gasteiger partial charge in [-0.1, -0.05) is 0 Å². The van der Waals surface area contributed by atoms with Crippen LogP contribution in [0.15, 0.2) is 11.0 Å². The molecular formula is C14H18N2O4S. The first-order valence-electron chi connectivity index (χ1n) is 6.36. The molecule has 0 unspecified atom stereocenters. The van der Waals surface area contributed by atoms with Crippen LogP contribution >= 0.6 is 0 Å². The summed E-state index contributed by atoms with van der Waals surface area (Å²) in [6.45, 7) is 6.53. The van der Waals surface area contributed by atoms with E-state index in [-0.39, 0.29) is 22.7 Å². The summed E-state index contributed by atoms with van der Waals surface area (Å²) >= 11 is 0. The quantitative estimate of drug-likeness (QED) is 0.391. The fourth-order valence-electron chi connectivity index (χ4n) is 2.30. The summed E-state index contributed by atoms with van der Waals surface area (Å²) in [6, 6.07) is 1.52. The van der Waals surface area contributed by atoms with Crippen molar-refractivity contribution >= 4 is 15.7 Å². The molecule has 1 N–H and O–H groups in total. The monoisotopic (exact) mass is 310 g/mol. The molecule has 1 aromatic carbocycles. The second kappa shape index (κ2) is 6.70. The summed E-state index contributed by atoms with van der Waals surface area (Å²) in [4.78, 5) is 10.5. The highest BCUT2D eigenvalue weighted by molar-refractivity contribution is 7.89. The Labute approximate surface area is 124 Å². The van der Waals surface area contributed by atoms with Crippen LogP contribution in [-0.2, 0) is 10.0 Å². The molecule has 0 atom stereocenters. The smallest absolute Gasteiger partial charge is 0.258 e. The lowest BCUT2D eigenvalue weighted by Gasteiger charge is -2.13. The number of nitro benzene ring substituents is 1. The van der Waals surface area contributed by atoms with Crippen LogP contribution in [0.4, 0.5) is 5.69 Å². The van der Waals surface area contributed by atoms with E-state index in [0.29, 0.717) is 17.5 Å². The van der Waals surface area contributed by atoms with Gasteiger partial charge in [0.2, 0.25) is 10.0 Å². The Kier molecular flexibility index (Phi) is 5.47. The van der Waals surface area contributed by atoms with Gasteiger partial charge in [-0.2, -0.15) is 0 Å². The van der Waals surface area contributed by atoms with Crippen molar-refractivity contribution in [1.29, 1.82) is 0 Å². The summed E-state index contributed by atoms with van der Waals surface area (Å²) in [5, 5.41) is 11.1. The van der Waals surface area contributed by atoms with Gasteiger partial charge in [-0.25, -0.2) is 13.1 Å². The molecule has 0 bridgehead atoms. The van der Waals surface area contributed by atoms with E-state index in [1.54, 1.807) is 20.8 Å². The highest BCUT2D eigenvalue weighted by Gasteiger charge is 2.27. The van der Waals surface area contributed by atoms with Gasteiger partial charge < -0.3 is 0 Å². The highest BCUT2D eigenvalue weighted by Crippen LogP contribution is 2.31. The van der Waals surface area contributed by atoms with E-state index in [1.165, 1.54) is 13.0 Å². The van der Waals surface area contributed by atoms with Crippen molar-refractivity contribution in [2.45, 2.75) is 39.0 Å². The standard InChI is InChI=1S/C14H18N2O4S/c1-5-6-7-8-15-21(19,20)14-11(3)9-10(2)13(12(14)4)16(17)18/h9,15H,7-8H2,1-4H3. The fraction of sp³-hybridized carbons (Fsp3) is 0.429. The molecule has 0 aromatic heterocycles. The molecule has 1 aromatic rings. The first-order chi connectivity index (χ1) is 9.72. The number of nitro groups is 1. The second-order valence-electron chi connectivity index (χ2n) is 4.64. The number of benzene rings is 1. The summed E-state index contributed by atoms with van der Waals surface area (Å²) in [6.07, 6.45) is 0.391. The van der Waals surface area contributed by atoms with Crippen LogP contribution in [0.1, 0.15) is 30.0 Å². The first kappa shape index (κ1) is 17.1. The molecule has 6 nitrogen and oxygen atoms in total. The number of rotatable bonds is 5. The Hall–Kier alpha value is -1.91. The Morgan fingerprint density at radius 2 is 1.90 bits per heavy atom. The SMILES string of the molecule is CC#CCCNS(=O)(=O)c1c(C)cc(C)c([N+](=O)[O-])c1C. The molecule has 7 heteroatoms. The van der Waals surface area contributed by atoms with Crippen LogP contribution in [0.3, 0.4) is 0 Å². The summed E-state index contributed by atoms with van der Waals surface area (Å²) in [7, 11) is -3.80. The van der Waals surface area contributed by atoms with Crippen molar-refractivity contribution in [3.8, 4) is 11.8 Å². The minimum atomic E-state index is -3.80. The fourth-order valence-corrected chi connectivity index (χ4v) is 3.79. The van der Waals surface area contributed by atoms with E-state index >= 15 is 0 Å². The van der Waals surface area contributed by atoms with Gasteiger partial charge in [-0.15, -0.1) is 11.8 Å². The molecule has 114 valence electrons. The predicted molar refractivity (Wildman–Crippen MR) is 80.6 cm³/mol. The molecule has 0 radical (unpaired) electrons. The Bertz CT molecular complexity index is 728. The zero-order valence-electron chi connectivity index (χ0n) is 12.5. The zero-order valence-corrected chi connectivity index (χ0v) is 13.3. The molecule has 0 spiro atoms. The number of aryl methyl sites for hydroxylation is 2. The van der Waals surface area contributed by atoms with Gasteiger partial charge in [0.25, 0.3) is 5.69 Å². The molecule has 0 fully saturated rings. The third-order valence-electron chi connectivity index (χ3n) is 3.03. The third kappa shape index (κ3) is 3.80. The van der Waals surface area contributed by atoms with Crippen LogP contribution < -0.4 is 4.72 Å². The molecule has 0 aliphatic carbocycles. The zero-order chi connectivity index (χ0) is 16.2. The minimum absolute atomic E-state index is 0.0238. The van der Waals surface area contributed by atoms with E-state index in [2.05, 4.69) is 16.6 Å². The number of nitrogens with one attached hydrogen (secondary N) is 1. The van der Waals surface area contributed by atoms with E-state index in [4.69, 9.17) is 0 Å². The number of sulfonamides is 1. The number of hydrogen-bond donors (Lipinski definition) is 1. The van der Waals surface area contributed by atoms with E-state index in [0.717, 1.165) is 0 Å². The Balaban J connectivity index is 3.31. The Morgan fingerprint density at radius 3 is 2.43 bits per heavy atom.